The van der Waals surface area contributed by atoms with Crippen LogP contribution in [-0.4, -0.2) is 45.1 Å². The number of carbonyl (C=O) groups is 1. The van der Waals surface area contributed by atoms with Gasteiger partial charge in [0.25, 0.3) is 0 Å². The van der Waals surface area contributed by atoms with E-state index in [1.54, 1.807) is 6.20 Å². The molecule has 0 aromatic carbocycles. The van der Waals surface area contributed by atoms with Crippen LogP contribution in [-0.2, 0) is 4.79 Å². The number of amides is 1. The van der Waals surface area contributed by atoms with Crippen LogP contribution in [0.25, 0.3) is 0 Å². The van der Waals surface area contributed by atoms with E-state index in [1.165, 1.54) is 18.6 Å². The number of aromatic nitrogens is 2. The molecule has 1 aliphatic carbocycles. The van der Waals surface area contributed by atoms with E-state index in [2.05, 4.69) is 34.4 Å². The zero-order chi connectivity index (χ0) is 18.6. The van der Waals surface area contributed by atoms with Crippen molar-refractivity contribution in [2.45, 2.75) is 56.7 Å². The van der Waals surface area contributed by atoms with Gasteiger partial charge in [0.05, 0.1) is 6.04 Å². The molecule has 1 saturated carbocycles. The van der Waals surface area contributed by atoms with Gasteiger partial charge in [-0.3, -0.25) is 9.79 Å². The molecule has 1 saturated heterocycles. The van der Waals surface area contributed by atoms with Gasteiger partial charge >= 0.3 is 0 Å². The predicted molar refractivity (Wildman–Crippen MR) is 107 cm³/mol. The van der Waals surface area contributed by atoms with Gasteiger partial charge < -0.3 is 10.6 Å². The molecule has 0 bridgehead atoms. The Labute approximate surface area is 159 Å². The van der Waals surface area contributed by atoms with Crippen molar-refractivity contribution in [3.05, 3.63) is 30.4 Å². The van der Waals surface area contributed by atoms with E-state index in [0.717, 1.165) is 18.2 Å². The molecular weight excluding hydrogens is 346 g/mol. The standard InChI is InChI=1S/C19H29N5OS/c1-4-6-18(25)23-16(20-3)7-8-17(24-11-5-10-21-24)22-14(2)19-13-15(19)9-12-26-19/h5,7,10-11,14-15,20H,4,6,8-9,12-13H2,1-3H3,(H,23,25)/b16-7+,22-17?. The first-order valence-corrected chi connectivity index (χ1v) is 10.5. The third-order valence-corrected chi connectivity index (χ3v) is 7.08. The van der Waals surface area contributed by atoms with Crippen molar-refractivity contribution in [3.8, 4) is 0 Å². The smallest absolute Gasteiger partial charge is 0.225 e. The summed E-state index contributed by atoms with van der Waals surface area (Å²) in [7, 11) is 1.81. The zero-order valence-corrected chi connectivity index (χ0v) is 16.7. The van der Waals surface area contributed by atoms with Crippen LogP contribution in [0, 0.1) is 5.92 Å². The third-order valence-electron chi connectivity index (χ3n) is 5.26. The second kappa shape index (κ2) is 8.29. The Morgan fingerprint density at radius 3 is 3.00 bits per heavy atom. The Hall–Kier alpha value is -1.76. The maximum atomic E-state index is 11.8. The Morgan fingerprint density at radius 1 is 1.58 bits per heavy atom. The highest BCUT2D eigenvalue weighted by molar-refractivity contribution is 8.01. The molecule has 3 unspecified atom stereocenters. The lowest BCUT2D eigenvalue weighted by molar-refractivity contribution is -0.120. The molecule has 3 atom stereocenters. The van der Waals surface area contributed by atoms with Crippen molar-refractivity contribution >= 4 is 23.5 Å². The fourth-order valence-corrected chi connectivity index (χ4v) is 5.43. The fourth-order valence-electron chi connectivity index (χ4n) is 3.68. The van der Waals surface area contributed by atoms with E-state index in [1.807, 2.05) is 37.0 Å². The van der Waals surface area contributed by atoms with E-state index in [-0.39, 0.29) is 11.9 Å². The summed E-state index contributed by atoms with van der Waals surface area (Å²) in [4.78, 5) is 16.9. The van der Waals surface area contributed by atoms with Crippen molar-refractivity contribution in [3.63, 3.8) is 0 Å². The molecule has 7 heteroatoms. The fraction of sp³-hybridized carbons (Fsp3) is 0.632. The zero-order valence-electron chi connectivity index (χ0n) is 15.9. The minimum Gasteiger partial charge on any atom is -0.375 e. The molecule has 26 heavy (non-hydrogen) atoms. The Kier molecular flexibility index (Phi) is 6.06. The number of fused-ring (bicyclic) bond motifs is 1. The van der Waals surface area contributed by atoms with Gasteiger partial charge in [0.2, 0.25) is 5.91 Å². The van der Waals surface area contributed by atoms with E-state index in [0.29, 0.717) is 23.4 Å². The number of allylic oxidation sites excluding steroid dienone is 1. The summed E-state index contributed by atoms with van der Waals surface area (Å²) < 4.78 is 2.19. The van der Waals surface area contributed by atoms with Crippen LogP contribution < -0.4 is 10.6 Å². The molecule has 2 fully saturated rings. The summed E-state index contributed by atoms with van der Waals surface area (Å²) in [6, 6.07) is 2.19. The molecule has 0 radical (unpaired) electrons. The van der Waals surface area contributed by atoms with Gasteiger partial charge in [-0.25, -0.2) is 4.68 Å². The number of thioether (sulfide) groups is 1. The number of hydrogen-bond acceptors (Lipinski definition) is 5. The van der Waals surface area contributed by atoms with Crippen molar-refractivity contribution in [2.75, 3.05) is 12.8 Å². The highest BCUT2D eigenvalue weighted by atomic mass is 32.2. The third kappa shape index (κ3) is 4.14. The summed E-state index contributed by atoms with van der Waals surface area (Å²) in [6.07, 6.45) is 10.3. The first-order chi connectivity index (χ1) is 12.6. The maximum absolute atomic E-state index is 11.8. The van der Waals surface area contributed by atoms with Crippen molar-refractivity contribution in [2.24, 2.45) is 10.9 Å². The molecular formula is C19H29N5OS. The summed E-state index contributed by atoms with van der Waals surface area (Å²) >= 11 is 2.09. The first kappa shape index (κ1) is 19.0. The highest BCUT2D eigenvalue weighted by Crippen LogP contribution is 2.64. The summed E-state index contributed by atoms with van der Waals surface area (Å²) in [5.41, 5.74) is 0. The molecule has 1 aromatic heterocycles. The van der Waals surface area contributed by atoms with Gasteiger partial charge in [0.1, 0.15) is 11.7 Å². The van der Waals surface area contributed by atoms with Crippen LogP contribution in [0.2, 0.25) is 0 Å². The van der Waals surface area contributed by atoms with Crippen molar-refractivity contribution in [1.29, 1.82) is 0 Å². The van der Waals surface area contributed by atoms with Crippen LogP contribution in [0.4, 0.5) is 0 Å². The quantitative estimate of drug-likeness (QED) is 0.541. The molecule has 1 aromatic rings. The van der Waals surface area contributed by atoms with Gasteiger partial charge in [0.15, 0.2) is 0 Å². The molecule has 6 nitrogen and oxygen atoms in total. The first-order valence-electron chi connectivity index (χ1n) is 9.47. The van der Waals surface area contributed by atoms with Crippen molar-refractivity contribution < 1.29 is 4.79 Å². The van der Waals surface area contributed by atoms with E-state index < -0.39 is 0 Å². The molecule has 1 amide bonds. The van der Waals surface area contributed by atoms with Gasteiger partial charge in [-0.05, 0) is 50.0 Å². The SMILES string of the molecule is CCCC(=O)N/C(=C/CC(=NC(C)C12CC1CCS2)n1cccn1)NC. The van der Waals surface area contributed by atoms with Gasteiger partial charge in [-0.2, -0.15) is 16.9 Å². The molecule has 0 spiro atoms. The number of aliphatic imine (C=N–C) groups is 1. The van der Waals surface area contributed by atoms with E-state index in [9.17, 15) is 4.79 Å². The van der Waals surface area contributed by atoms with E-state index >= 15 is 0 Å². The summed E-state index contributed by atoms with van der Waals surface area (Å²) in [6.45, 7) is 4.23. The van der Waals surface area contributed by atoms with Crippen LogP contribution in [0.1, 0.15) is 46.0 Å². The minimum absolute atomic E-state index is 0.0288. The monoisotopic (exact) mass is 375 g/mol. The summed E-state index contributed by atoms with van der Waals surface area (Å²) in [5, 5.41) is 10.3. The number of nitrogens with zero attached hydrogens (tertiary/aromatic N) is 3. The molecule has 2 N–H and O–H groups in total. The lowest BCUT2D eigenvalue weighted by atomic mass is 10.1. The van der Waals surface area contributed by atoms with Gasteiger partial charge in [0, 0.05) is 37.0 Å². The molecule has 2 heterocycles. The average molecular weight is 376 g/mol. The van der Waals surface area contributed by atoms with Crippen LogP contribution >= 0.6 is 11.8 Å². The predicted octanol–water partition coefficient (Wildman–Crippen LogP) is 2.78. The van der Waals surface area contributed by atoms with E-state index in [4.69, 9.17) is 4.99 Å². The van der Waals surface area contributed by atoms with Crippen LogP contribution in [0.15, 0.2) is 35.3 Å². The van der Waals surface area contributed by atoms with Gasteiger partial charge in [-0.1, -0.05) is 6.92 Å². The van der Waals surface area contributed by atoms with Crippen LogP contribution in [0.3, 0.4) is 0 Å². The Balaban J connectivity index is 1.73. The highest BCUT2D eigenvalue weighted by Gasteiger charge is 2.61. The number of rotatable bonds is 8. The van der Waals surface area contributed by atoms with Crippen molar-refractivity contribution in [1.82, 2.24) is 20.4 Å². The summed E-state index contributed by atoms with van der Waals surface area (Å²) in [5.74, 6) is 3.75. The number of carbonyl (C=O) groups excluding carboxylic acids is 1. The van der Waals surface area contributed by atoms with Crippen LogP contribution in [0.5, 0.6) is 0 Å². The minimum atomic E-state index is 0.0288. The average Bonchev–Trinajstić information content (AvgIpc) is 3.01. The largest absolute Gasteiger partial charge is 0.375 e. The maximum Gasteiger partial charge on any atom is 0.225 e. The van der Waals surface area contributed by atoms with Gasteiger partial charge in [-0.15, -0.1) is 0 Å². The Morgan fingerprint density at radius 2 is 2.42 bits per heavy atom. The number of hydrogen-bond donors (Lipinski definition) is 2. The molecule has 1 aliphatic heterocycles. The topological polar surface area (TPSA) is 71.3 Å². The normalized spacial score (nSPS) is 26.3. The second-order valence-corrected chi connectivity index (χ2v) is 8.49. The number of nitrogens with one attached hydrogen (secondary N) is 2. The molecule has 142 valence electrons. The molecule has 2 aliphatic rings. The lowest BCUT2D eigenvalue weighted by Crippen LogP contribution is -2.30. The lowest BCUT2D eigenvalue weighted by Gasteiger charge is -2.19. The molecule has 3 rings (SSSR count). The second-order valence-electron chi connectivity index (χ2n) is 7.04. The Bertz CT molecular complexity index is 684.